The smallest absolute Gasteiger partial charge is 0.303 e. The van der Waals surface area contributed by atoms with Crippen LogP contribution in [0, 0.1) is 0 Å². The molecule has 126 valence electrons. The molecule has 0 spiro atoms. The average Bonchev–Trinajstić information content (AvgIpc) is 2.55. The van der Waals surface area contributed by atoms with Crippen molar-refractivity contribution in [3.05, 3.63) is 60.2 Å². The second-order valence-electron chi connectivity index (χ2n) is 5.90. The van der Waals surface area contributed by atoms with Crippen LogP contribution < -0.4 is 10.2 Å². The number of anilines is 2. The molecule has 2 aromatic carbocycles. The number of carbonyl (C=O) groups is 2. The van der Waals surface area contributed by atoms with Gasteiger partial charge in [0.05, 0.1) is 6.42 Å². The Labute approximate surface area is 141 Å². The van der Waals surface area contributed by atoms with E-state index in [1.54, 1.807) is 0 Å². The van der Waals surface area contributed by atoms with Gasteiger partial charge in [-0.15, -0.1) is 0 Å². The van der Waals surface area contributed by atoms with Crippen LogP contribution in [-0.2, 0) is 9.59 Å². The number of nitrogens with one attached hydrogen (secondary N) is 1. The lowest BCUT2D eigenvalue weighted by atomic mass is 9.92. The number of carboxylic acids is 1. The number of amides is 1. The average molecular weight is 326 g/mol. The van der Waals surface area contributed by atoms with Crippen LogP contribution >= 0.6 is 0 Å². The van der Waals surface area contributed by atoms with Crippen LogP contribution in [0.25, 0.3) is 0 Å². The van der Waals surface area contributed by atoms with Crippen LogP contribution in [0.2, 0.25) is 0 Å². The van der Waals surface area contributed by atoms with Gasteiger partial charge in [-0.2, -0.15) is 0 Å². The van der Waals surface area contributed by atoms with E-state index in [-0.39, 0.29) is 24.7 Å². The Kier molecular flexibility index (Phi) is 5.95. The van der Waals surface area contributed by atoms with Crippen LogP contribution in [0.5, 0.6) is 0 Å². The Bertz CT molecular complexity index is 682. The van der Waals surface area contributed by atoms with Gasteiger partial charge in [-0.1, -0.05) is 30.3 Å². The van der Waals surface area contributed by atoms with Crippen LogP contribution in [0.15, 0.2) is 54.6 Å². The quantitative estimate of drug-likeness (QED) is 0.819. The van der Waals surface area contributed by atoms with E-state index >= 15 is 0 Å². The lowest BCUT2D eigenvalue weighted by Crippen LogP contribution is -2.18. The monoisotopic (exact) mass is 326 g/mol. The highest BCUT2D eigenvalue weighted by molar-refractivity contribution is 5.91. The van der Waals surface area contributed by atoms with Gasteiger partial charge < -0.3 is 15.3 Å². The molecule has 0 saturated heterocycles. The number of aliphatic carboxylic acids is 1. The van der Waals surface area contributed by atoms with Gasteiger partial charge in [-0.25, -0.2) is 0 Å². The molecular weight excluding hydrogens is 304 g/mol. The lowest BCUT2D eigenvalue weighted by molar-refractivity contribution is -0.137. The minimum absolute atomic E-state index is 0.0724. The van der Waals surface area contributed by atoms with E-state index in [4.69, 9.17) is 5.11 Å². The van der Waals surface area contributed by atoms with E-state index < -0.39 is 5.97 Å². The van der Waals surface area contributed by atoms with Gasteiger partial charge >= 0.3 is 5.97 Å². The van der Waals surface area contributed by atoms with Gasteiger partial charge in [-0.05, 0) is 29.8 Å². The molecule has 24 heavy (non-hydrogen) atoms. The first-order valence-corrected chi connectivity index (χ1v) is 7.79. The van der Waals surface area contributed by atoms with Crippen LogP contribution in [-0.4, -0.2) is 31.1 Å². The number of nitrogens with zero attached hydrogens (tertiary/aromatic N) is 1. The van der Waals surface area contributed by atoms with Crippen LogP contribution in [0.1, 0.15) is 24.3 Å². The van der Waals surface area contributed by atoms with Crippen molar-refractivity contribution in [3.8, 4) is 0 Å². The fraction of sp³-hybridized carbons (Fsp3) is 0.263. The molecule has 2 N–H and O–H groups in total. The first-order valence-electron chi connectivity index (χ1n) is 7.79. The summed E-state index contributed by atoms with van der Waals surface area (Å²) in [5.74, 6) is -1.44. The van der Waals surface area contributed by atoms with E-state index in [0.29, 0.717) is 5.69 Å². The number of carboxylic acid groups (broad SMARTS) is 1. The predicted molar refractivity (Wildman–Crippen MR) is 95.5 cm³/mol. The summed E-state index contributed by atoms with van der Waals surface area (Å²) in [5, 5.41) is 11.9. The van der Waals surface area contributed by atoms with Crippen LogP contribution in [0.4, 0.5) is 11.4 Å². The molecule has 0 radical (unpaired) electrons. The van der Waals surface area contributed by atoms with E-state index in [9.17, 15) is 9.59 Å². The molecule has 5 nitrogen and oxygen atoms in total. The highest BCUT2D eigenvalue weighted by Gasteiger charge is 2.19. The summed E-state index contributed by atoms with van der Waals surface area (Å²) in [6.45, 7) is 0. The van der Waals surface area contributed by atoms with Crippen molar-refractivity contribution in [2.24, 2.45) is 0 Å². The number of benzene rings is 2. The zero-order chi connectivity index (χ0) is 17.5. The Morgan fingerprint density at radius 1 is 1.00 bits per heavy atom. The minimum Gasteiger partial charge on any atom is -0.481 e. The first kappa shape index (κ1) is 17.5. The highest BCUT2D eigenvalue weighted by Crippen LogP contribution is 2.24. The molecule has 1 atom stereocenters. The highest BCUT2D eigenvalue weighted by atomic mass is 16.4. The van der Waals surface area contributed by atoms with Gasteiger partial charge in [0.15, 0.2) is 0 Å². The molecule has 1 unspecified atom stereocenters. The van der Waals surface area contributed by atoms with Crippen molar-refractivity contribution < 1.29 is 14.7 Å². The fourth-order valence-corrected chi connectivity index (χ4v) is 2.52. The van der Waals surface area contributed by atoms with E-state index in [1.807, 2.05) is 73.6 Å². The number of carbonyl (C=O) groups excluding carboxylic acids is 1. The number of rotatable bonds is 7. The van der Waals surface area contributed by atoms with Crippen molar-refractivity contribution in [3.63, 3.8) is 0 Å². The number of hydrogen-bond donors (Lipinski definition) is 2. The van der Waals surface area contributed by atoms with Gasteiger partial charge in [0, 0.05) is 37.8 Å². The summed E-state index contributed by atoms with van der Waals surface area (Å²) in [6, 6.07) is 16.8. The summed E-state index contributed by atoms with van der Waals surface area (Å²) in [6.07, 6.45) is 0.0583. The molecule has 2 aromatic rings. The van der Waals surface area contributed by atoms with Gasteiger partial charge in [0.25, 0.3) is 0 Å². The third-order valence-corrected chi connectivity index (χ3v) is 3.79. The molecule has 0 bridgehead atoms. The molecular formula is C19H22N2O3. The second kappa shape index (κ2) is 8.15. The SMILES string of the molecule is CN(C)c1ccc(NC(=O)CC(CC(=O)O)c2ccccc2)cc1. The molecule has 0 saturated carbocycles. The summed E-state index contributed by atoms with van der Waals surface area (Å²) in [4.78, 5) is 25.3. The van der Waals surface area contributed by atoms with Crippen LogP contribution in [0.3, 0.4) is 0 Å². The van der Waals surface area contributed by atoms with E-state index in [2.05, 4.69) is 5.32 Å². The Hall–Kier alpha value is -2.82. The van der Waals surface area contributed by atoms with Crippen molar-refractivity contribution in [1.29, 1.82) is 0 Å². The maximum atomic E-state index is 12.3. The fourth-order valence-electron chi connectivity index (χ4n) is 2.52. The maximum absolute atomic E-state index is 12.3. The molecule has 0 fully saturated rings. The topological polar surface area (TPSA) is 69.6 Å². The summed E-state index contributed by atoms with van der Waals surface area (Å²) in [7, 11) is 3.90. The first-order chi connectivity index (χ1) is 11.5. The maximum Gasteiger partial charge on any atom is 0.303 e. The molecule has 0 aromatic heterocycles. The third kappa shape index (κ3) is 5.12. The van der Waals surface area contributed by atoms with Gasteiger partial charge in [-0.3, -0.25) is 9.59 Å². The molecule has 0 heterocycles. The Morgan fingerprint density at radius 2 is 1.62 bits per heavy atom. The Balaban J connectivity index is 2.03. The van der Waals surface area contributed by atoms with Gasteiger partial charge in [0.1, 0.15) is 0 Å². The summed E-state index contributed by atoms with van der Waals surface area (Å²) >= 11 is 0. The zero-order valence-electron chi connectivity index (χ0n) is 13.9. The van der Waals surface area contributed by atoms with Crippen molar-refractivity contribution in [1.82, 2.24) is 0 Å². The number of hydrogen-bond acceptors (Lipinski definition) is 3. The molecule has 1 amide bonds. The molecule has 5 heteroatoms. The van der Waals surface area contributed by atoms with E-state index in [0.717, 1.165) is 11.3 Å². The largest absolute Gasteiger partial charge is 0.481 e. The van der Waals surface area contributed by atoms with Crippen molar-refractivity contribution >= 4 is 23.3 Å². The van der Waals surface area contributed by atoms with E-state index in [1.165, 1.54) is 0 Å². The molecule has 0 aliphatic carbocycles. The standard InChI is InChI=1S/C19H22N2O3/c1-21(2)17-10-8-16(9-11-17)20-18(22)12-15(13-19(23)24)14-6-4-3-5-7-14/h3-11,15H,12-13H2,1-2H3,(H,20,22)(H,23,24). The molecule has 0 aliphatic rings. The second-order valence-corrected chi connectivity index (χ2v) is 5.90. The van der Waals surface area contributed by atoms with Crippen molar-refractivity contribution in [2.75, 3.05) is 24.3 Å². The Morgan fingerprint density at radius 3 is 2.17 bits per heavy atom. The lowest BCUT2D eigenvalue weighted by Gasteiger charge is -2.16. The normalized spacial score (nSPS) is 11.6. The minimum atomic E-state index is -0.910. The van der Waals surface area contributed by atoms with Crippen molar-refractivity contribution in [2.45, 2.75) is 18.8 Å². The predicted octanol–water partition coefficient (Wildman–Crippen LogP) is 3.34. The summed E-state index contributed by atoms with van der Waals surface area (Å²) < 4.78 is 0. The molecule has 0 aliphatic heterocycles. The van der Waals surface area contributed by atoms with Gasteiger partial charge in [0.2, 0.25) is 5.91 Å². The zero-order valence-corrected chi connectivity index (χ0v) is 13.9. The summed E-state index contributed by atoms with van der Waals surface area (Å²) in [5.41, 5.74) is 2.60. The molecule has 2 rings (SSSR count). The third-order valence-electron chi connectivity index (χ3n) is 3.79.